The summed E-state index contributed by atoms with van der Waals surface area (Å²) in [7, 11) is 0. The highest BCUT2D eigenvalue weighted by atomic mass is 16.5. The first kappa shape index (κ1) is 25.3. The molecule has 0 atom stereocenters. The second-order valence-electron chi connectivity index (χ2n) is 10.6. The van der Waals surface area contributed by atoms with Crippen molar-refractivity contribution in [3.05, 3.63) is 35.4 Å². The Morgan fingerprint density at radius 3 is 2.46 bits per heavy atom. The van der Waals surface area contributed by atoms with Gasteiger partial charge >= 0.3 is 12.0 Å². The summed E-state index contributed by atoms with van der Waals surface area (Å²) in [4.78, 5) is 34.8. The fourth-order valence-electron chi connectivity index (χ4n) is 5.94. The maximum atomic E-state index is 13.5. The van der Waals surface area contributed by atoms with Crippen LogP contribution in [0, 0.1) is 11.8 Å². The van der Waals surface area contributed by atoms with E-state index in [9.17, 15) is 9.59 Å². The van der Waals surface area contributed by atoms with Crippen LogP contribution >= 0.6 is 0 Å². The average Bonchev–Trinajstić information content (AvgIpc) is 3.07. The van der Waals surface area contributed by atoms with Crippen molar-refractivity contribution in [1.82, 2.24) is 9.97 Å². The molecule has 1 aliphatic heterocycles. The van der Waals surface area contributed by atoms with Crippen LogP contribution in [0.4, 0.5) is 11.5 Å². The van der Waals surface area contributed by atoms with Gasteiger partial charge in [-0.15, -0.1) is 0 Å². The third-order valence-electron chi connectivity index (χ3n) is 8.06. The molecule has 1 amide bonds. The Morgan fingerprint density at radius 2 is 1.76 bits per heavy atom. The summed E-state index contributed by atoms with van der Waals surface area (Å²) in [6, 6.07) is 8.21. The van der Waals surface area contributed by atoms with Crippen molar-refractivity contribution in [2.45, 2.75) is 70.1 Å². The summed E-state index contributed by atoms with van der Waals surface area (Å²) in [6.45, 7) is 1.20. The number of carbonyl (C=O) groups excluding carboxylic acids is 1. The zero-order valence-electron chi connectivity index (χ0n) is 21.2. The summed E-state index contributed by atoms with van der Waals surface area (Å²) in [5.74, 6) is 0.426. The molecule has 198 valence electrons. The number of nitrogen functional groups attached to an aromatic ring is 1. The van der Waals surface area contributed by atoms with E-state index >= 15 is 0 Å². The minimum absolute atomic E-state index is 0.0651. The number of benzene rings is 1. The van der Waals surface area contributed by atoms with Gasteiger partial charge in [-0.25, -0.2) is 0 Å². The van der Waals surface area contributed by atoms with Gasteiger partial charge in [0.2, 0.25) is 5.88 Å². The Morgan fingerprint density at radius 1 is 1.03 bits per heavy atom. The van der Waals surface area contributed by atoms with Crippen molar-refractivity contribution < 1.29 is 24.2 Å². The van der Waals surface area contributed by atoms with E-state index in [2.05, 4.69) is 22.1 Å². The van der Waals surface area contributed by atoms with Gasteiger partial charge in [0.1, 0.15) is 18.0 Å². The number of carboxylic acid groups (broad SMARTS) is 1. The zero-order chi connectivity index (χ0) is 25.8. The standard InChI is InChI=1S/C28H36N4O5/c29-25-24-26(31-28(30-25)37-17-19-4-2-1-3-5-19)36-15-14-32(27(24)35)22-12-10-21(11-13-22)20-8-6-18(7-9-20)16-23(33)34/h10-13,18-20H,1-9,14-17H2,(H,33,34)(H2,29,30,31). The number of rotatable bonds is 7. The van der Waals surface area contributed by atoms with Gasteiger partial charge in [0.05, 0.1) is 13.2 Å². The lowest BCUT2D eigenvalue weighted by molar-refractivity contribution is -0.138. The lowest BCUT2D eigenvalue weighted by Crippen LogP contribution is -2.32. The van der Waals surface area contributed by atoms with Crippen molar-refractivity contribution in [2.24, 2.45) is 11.8 Å². The largest absolute Gasteiger partial charge is 0.481 e. The Balaban J connectivity index is 1.25. The molecule has 0 unspecified atom stereocenters. The number of carboxylic acids is 1. The number of hydrogen-bond acceptors (Lipinski definition) is 7. The molecule has 2 saturated carbocycles. The SMILES string of the molecule is Nc1nc(OCC2CCCCC2)nc2c1C(=O)N(c1ccc(C3CCC(CC(=O)O)CC3)cc1)CCO2. The average molecular weight is 509 g/mol. The van der Waals surface area contributed by atoms with Gasteiger partial charge in [-0.3, -0.25) is 9.59 Å². The van der Waals surface area contributed by atoms with Crippen LogP contribution < -0.4 is 20.1 Å². The molecule has 2 heterocycles. The van der Waals surface area contributed by atoms with Gasteiger partial charge in [-0.1, -0.05) is 31.4 Å². The molecule has 3 aliphatic rings. The van der Waals surface area contributed by atoms with Gasteiger partial charge in [0, 0.05) is 12.1 Å². The molecule has 0 bridgehead atoms. The summed E-state index contributed by atoms with van der Waals surface area (Å²) in [5.41, 5.74) is 8.38. The monoisotopic (exact) mass is 508 g/mol. The number of aromatic nitrogens is 2. The summed E-state index contributed by atoms with van der Waals surface area (Å²) in [5, 5.41) is 9.05. The van der Waals surface area contributed by atoms with Gasteiger partial charge in [-0.05, 0) is 74.0 Å². The molecule has 0 spiro atoms. The number of fused-ring (bicyclic) bond motifs is 1. The van der Waals surface area contributed by atoms with E-state index in [0.29, 0.717) is 25.0 Å². The van der Waals surface area contributed by atoms with Gasteiger partial charge in [-0.2, -0.15) is 9.97 Å². The predicted octanol–water partition coefficient (Wildman–Crippen LogP) is 4.81. The number of aliphatic carboxylic acids is 1. The molecular weight excluding hydrogens is 472 g/mol. The van der Waals surface area contributed by atoms with Crippen LogP contribution in [0.3, 0.4) is 0 Å². The third-order valence-corrected chi connectivity index (χ3v) is 8.06. The van der Waals surface area contributed by atoms with Crippen LogP contribution in [-0.2, 0) is 4.79 Å². The molecule has 9 heteroatoms. The van der Waals surface area contributed by atoms with Gasteiger partial charge in [0.15, 0.2) is 0 Å². The highest BCUT2D eigenvalue weighted by Gasteiger charge is 2.31. The zero-order valence-corrected chi connectivity index (χ0v) is 21.2. The van der Waals surface area contributed by atoms with Gasteiger partial charge < -0.3 is 25.2 Å². The smallest absolute Gasteiger partial charge is 0.321 e. The molecule has 1 aromatic heterocycles. The first-order valence-electron chi connectivity index (χ1n) is 13.5. The Labute approximate surface area is 217 Å². The molecule has 2 aliphatic carbocycles. The van der Waals surface area contributed by atoms with E-state index in [0.717, 1.165) is 44.2 Å². The predicted molar refractivity (Wildman–Crippen MR) is 139 cm³/mol. The number of anilines is 2. The summed E-state index contributed by atoms with van der Waals surface area (Å²) >= 11 is 0. The molecule has 9 nitrogen and oxygen atoms in total. The summed E-state index contributed by atoms with van der Waals surface area (Å²) < 4.78 is 11.7. The minimum atomic E-state index is -0.713. The van der Waals surface area contributed by atoms with Crippen LogP contribution in [0.5, 0.6) is 11.9 Å². The van der Waals surface area contributed by atoms with Gasteiger partial charge in [0.25, 0.3) is 5.91 Å². The molecule has 0 radical (unpaired) electrons. The van der Waals surface area contributed by atoms with E-state index in [-0.39, 0.29) is 48.1 Å². The van der Waals surface area contributed by atoms with Crippen LogP contribution in [0.2, 0.25) is 0 Å². The third kappa shape index (κ3) is 5.97. The molecule has 3 N–H and O–H groups in total. The quantitative estimate of drug-likeness (QED) is 0.546. The van der Waals surface area contributed by atoms with Crippen molar-refractivity contribution >= 4 is 23.4 Å². The second-order valence-corrected chi connectivity index (χ2v) is 10.6. The summed E-state index contributed by atoms with van der Waals surface area (Å²) in [6.07, 6.45) is 10.1. The van der Waals surface area contributed by atoms with Crippen molar-refractivity contribution in [2.75, 3.05) is 30.4 Å². The Bertz CT molecular complexity index is 1110. The lowest BCUT2D eigenvalue weighted by Gasteiger charge is -2.28. The van der Waals surface area contributed by atoms with E-state index in [1.165, 1.54) is 24.8 Å². The molecule has 2 aromatic rings. The number of amides is 1. The normalized spacial score (nSPS) is 22.6. The molecule has 0 saturated heterocycles. The molecule has 5 rings (SSSR count). The molecule has 2 fully saturated rings. The van der Waals surface area contributed by atoms with Crippen LogP contribution in [0.15, 0.2) is 24.3 Å². The molecule has 37 heavy (non-hydrogen) atoms. The number of hydrogen-bond donors (Lipinski definition) is 2. The van der Waals surface area contributed by atoms with Crippen LogP contribution in [-0.4, -0.2) is 46.7 Å². The fraction of sp³-hybridized carbons (Fsp3) is 0.571. The Kier molecular flexibility index (Phi) is 7.76. The Hall–Kier alpha value is -3.36. The number of nitrogens with two attached hydrogens (primary N) is 1. The molecule has 1 aromatic carbocycles. The molecular formula is C28H36N4O5. The van der Waals surface area contributed by atoms with E-state index in [1.54, 1.807) is 4.90 Å². The van der Waals surface area contributed by atoms with Crippen molar-refractivity contribution in [3.63, 3.8) is 0 Å². The topological polar surface area (TPSA) is 128 Å². The second kappa shape index (κ2) is 11.4. The highest BCUT2D eigenvalue weighted by Crippen LogP contribution is 2.38. The maximum Gasteiger partial charge on any atom is 0.321 e. The van der Waals surface area contributed by atoms with Crippen LogP contribution in [0.1, 0.15) is 86.0 Å². The van der Waals surface area contributed by atoms with Crippen LogP contribution in [0.25, 0.3) is 0 Å². The van der Waals surface area contributed by atoms with Crippen molar-refractivity contribution in [3.8, 4) is 11.9 Å². The van der Waals surface area contributed by atoms with E-state index < -0.39 is 5.97 Å². The first-order chi connectivity index (χ1) is 18.0. The minimum Gasteiger partial charge on any atom is -0.481 e. The van der Waals surface area contributed by atoms with E-state index in [1.807, 2.05) is 12.1 Å². The first-order valence-corrected chi connectivity index (χ1v) is 13.5. The number of nitrogens with zero attached hydrogens (tertiary/aromatic N) is 3. The fourth-order valence-corrected chi connectivity index (χ4v) is 5.94. The number of carbonyl (C=O) groups is 2. The lowest BCUT2D eigenvalue weighted by atomic mass is 9.77. The highest BCUT2D eigenvalue weighted by molar-refractivity contribution is 6.10. The van der Waals surface area contributed by atoms with Crippen molar-refractivity contribution in [1.29, 1.82) is 0 Å². The maximum absolute atomic E-state index is 13.5. The van der Waals surface area contributed by atoms with E-state index in [4.69, 9.17) is 20.3 Å². The number of ether oxygens (including phenoxy) is 2.